The molecule has 3 N–H and O–H groups in total. The van der Waals surface area contributed by atoms with Gasteiger partial charge < -0.3 is 20.3 Å². The molecule has 0 atom stereocenters. The SMILES string of the molecule is CC(C)(C)OC(=O)NCCc1cccc(CO)c1O. The Morgan fingerprint density at radius 3 is 2.53 bits per heavy atom. The van der Waals surface area contributed by atoms with Crippen LogP contribution in [0.2, 0.25) is 0 Å². The molecule has 0 saturated heterocycles. The summed E-state index contributed by atoms with van der Waals surface area (Å²) in [5, 5.41) is 21.5. The lowest BCUT2D eigenvalue weighted by Gasteiger charge is -2.19. The van der Waals surface area contributed by atoms with Crippen molar-refractivity contribution < 1.29 is 19.7 Å². The van der Waals surface area contributed by atoms with E-state index in [0.29, 0.717) is 24.1 Å². The highest BCUT2D eigenvalue weighted by molar-refractivity contribution is 5.67. The van der Waals surface area contributed by atoms with Crippen LogP contribution >= 0.6 is 0 Å². The smallest absolute Gasteiger partial charge is 0.407 e. The number of carbonyl (C=O) groups excluding carboxylic acids is 1. The third-order valence-corrected chi connectivity index (χ3v) is 2.44. The van der Waals surface area contributed by atoms with Crippen molar-refractivity contribution >= 4 is 6.09 Å². The molecule has 0 bridgehead atoms. The molecule has 1 rings (SSSR count). The zero-order chi connectivity index (χ0) is 14.5. The number of phenols is 1. The van der Waals surface area contributed by atoms with E-state index in [1.54, 1.807) is 39.0 Å². The number of rotatable bonds is 4. The number of benzene rings is 1. The number of aliphatic hydroxyl groups is 1. The fraction of sp³-hybridized carbons (Fsp3) is 0.500. The van der Waals surface area contributed by atoms with Crippen molar-refractivity contribution in [3.8, 4) is 5.75 Å². The summed E-state index contributed by atoms with van der Waals surface area (Å²) in [6, 6.07) is 5.17. The zero-order valence-electron chi connectivity index (χ0n) is 11.6. The number of carbonyl (C=O) groups is 1. The maximum atomic E-state index is 11.4. The highest BCUT2D eigenvalue weighted by Gasteiger charge is 2.15. The Kier molecular flexibility index (Phi) is 5.18. The fourth-order valence-corrected chi connectivity index (χ4v) is 1.59. The van der Waals surface area contributed by atoms with Gasteiger partial charge in [0.05, 0.1) is 6.61 Å². The molecule has 0 aromatic heterocycles. The maximum Gasteiger partial charge on any atom is 0.407 e. The summed E-state index contributed by atoms with van der Waals surface area (Å²) in [6.45, 7) is 5.53. The number of aromatic hydroxyl groups is 1. The van der Waals surface area contributed by atoms with Gasteiger partial charge in [-0.05, 0) is 32.8 Å². The Labute approximate surface area is 113 Å². The third kappa shape index (κ3) is 5.18. The highest BCUT2D eigenvalue weighted by Crippen LogP contribution is 2.22. The zero-order valence-corrected chi connectivity index (χ0v) is 11.6. The molecule has 0 fully saturated rings. The van der Waals surface area contributed by atoms with Crippen molar-refractivity contribution in [1.82, 2.24) is 5.32 Å². The molecule has 5 heteroatoms. The number of hydrogen-bond donors (Lipinski definition) is 3. The molecule has 0 heterocycles. The van der Waals surface area contributed by atoms with E-state index in [0.717, 1.165) is 0 Å². The van der Waals surface area contributed by atoms with Crippen LogP contribution in [0.3, 0.4) is 0 Å². The summed E-state index contributed by atoms with van der Waals surface area (Å²) in [5.41, 5.74) is 0.639. The van der Waals surface area contributed by atoms with Crippen molar-refractivity contribution in [2.45, 2.75) is 39.4 Å². The Morgan fingerprint density at radius 1 is 1.32 bits per heavy atom. The minimum Gasteiger partial charge on any atom is -0.507 e. The molecule has 106 valence electrons. The number of ether oxygens (including phenoxy) is 1. The molecule has 1 amide bonds. The van der Waals surface area contributed by atoms with Crippen LogP contribution in [0.15, 0.2) is 18.2 Å². The summed E-state index contributed by atoms with van der Waals surface area (Å²) in [5.74, 6) is 0.0796. The highest BCUT2D eigenvalue weighted by atomic mass is 16.6. The lowest BCUT2D eigenvalue weighted by molar-refractivity contribution is 0.0528. The van der Waals surface area contributed by atoms with E-state index < -0.39 is 11.7 Å². The summed E-state index contributed by atoms with van der Waals surface area (Å²) >= 11 is 0. The molecule has 0 aliphatic carbocycles. The Morgan fingerprint density at radius 2 is 1.95 bits per heavy atom. The van der Waals surface area contributed by atoms with Crippen LogP contribution in [0.4, 0.5) is 4.79 Å². The number of alkyl carbamates (subject to hydrolysis) is 1. The van der Waals surface area contributed by atoms with E-state index in [9.17, 15) is 9.90 Å². The van der Waals surface area contributed by atoms with Crippen molar-refractivity contribution in [2.24, 2.45) is 0 Å². The Bertz CT molecular complexity index is 438. The molecule has 0 spiro atoms. The maximum absolute atomic E-state index is 11.4. The van der Waals surface area contributed by atoms with Crippen molar-refractivity contribution in [3.05, 3.63) is 29.3 Å². The molecule has 19 heavy (non-hydrogen) atoms. The molecule has 1 aromatic rings. The van der Waals surface area contributed by atoms with Crippen molar-refractivity contribution in [1.29, 1.82) is 0 Å². The predicted molar refractivity (Wildman–Crippen MR) is 72.0 cm³/mol. The third-order valence-electron chi connectivity index (χ3n) is 2.44. The lowest BCUT2D eigenvalue weighted by Crippen LogP contribution is -2.33. The number of amides is 1. The molecule has 0 saturated carbocycles. The molecule has 0 aliphatic heterocycles. The van der Waals surface area contributed by atoms with Gasteiger partial charge in [0.1, 0.15) is 11.4 Å². The van der Waals surface area contributed by atoms with Gasteiger partial charge in [-0.15, -0.1) is 0 Å². The standard InChI is InChI=1S/C14H21NO4/c1-14(2,3)19-13(18)15-8-7-10-5-4-6-11(9-16)12(10)17/h4-6,16-17H,7-9H2,1-3H3,(H,15,18). The van der Waals surface area contributed by atoms with Gasteiger partial charge in [-0.25, -0.2) is 4.79 Å². The van der Waals surface area contributed by atoms with Gasteiger partial charge in [-0.2, -0.15) is 0 Å². The second kappa shape index (κ2) is 6.43. The van der Waals surface area contributed by atoms with E-state index >= 15 is 0 Å². The van der Waals surface area contributed by atoms with Gasteiger partial charge in [0.25, 0.3) is 0 Å². The van der Waals surface area contributed by atoms with Crippen LogP contribution in [0, 0.1) is 0 Å². The molecule has 0 aliphatic rings. The van der Waals surface area contributed by atoms with Crippen LogP contribution in [-0.2, 0) is 17.8 Å². The van der Waals surface area contributed by atoms with Gasteiger partial charge in [0.2, 0.25) is 0 Å². The first-order chi connectivity index (χ1) is 8.83. The van der Waals surface area contributed by atoms with Gasteiger partial charge in [-0.3, -0.25) is 0 Å². The first kappa shape index (κ1) is 15.3. The summed E-state index contributed by atoms with van der Waals surface area (Å²) in [6.07, 6.45) is -0.0101. The summed E-state index contributed by atoms with van der Waals surface area (Å²) in [7, 11) is 0. The number of aliphatic hydroxyl groups excluding tert-OH is 1. The van der Waals surface area contributed by atoms with Crippen LogP contribution in [-0.4, -0.2) is 28.5 Å². The van der Waals surface area contributed by atoms with E-state index in [2.05, 4.69) is 5.32 Å². The number of hydrogen-bond acceptors (Lipinski definition) is 4. The second-order valence-electron chi connectivity index (χ2n) is 5.26. The van der Waals surface area contributed by atoms with Crippen LogP contribution in [0.5, 0.6) is 5.75 Å². The van der Waals surface area contributed by atoms with Gasteiger partial charge in [0, 0.05) is 12.1 Å². The lowest BCUT2D eigenvalue weighted by atomic mass is 10.1. The van der Waals surface area contributed by atoms with Gasteiger partial charge >= 0.3 is 6.09 Å². The van der Waals surface area contributed by atoms with Gasteiger partial charge in [0.15, 0.2) is 0 Å². The number of para-hydroxylation sites is 1. The Balaban J connectivity index is 2.48. The molecular formula is C14H21NO4. The van der Waals surface area contributed by atoms with E-state index in [1.807, 2.05) is 0 Å². The second-order valence-corrected chi connectivity index (χ2v) is 5.26. The minimum absolute atomic E-state index is 0.0796. The minimum atomic E-state index is -0.525. The first-order valence-electron chi connectivity index (χ1n) is 6.21. The monoisotopic (exact) mass is 267 g/mol. The van der Waals surface area contributed by atoms with Crippen LogP contribution < -0.4 is 5.32 Å². The Hall–Kier alpha value is -1.75. The van der Waals surface area contributed by atoms with E-state index in [-0.39, 0.29) is 12.4 Å². The van der Waals surface area contributed by atoms with E-state index in [1.165, 1.54) is 0 Å². The molecule has 0 unspecified atom stereocenters. The quantitative estimate of drug-likeness (QED) is 0.779. The van der Waals surface area contributed by atoms with Gasteiger partial charge in [-0.1, -0.05) is 18.2 Å². The first-order valence-corrected chi connectivity index (χ1v) is 6.21. The molecule has 5 nitrogen and oxygen atoms in total. The summed E-state index contributed by atoms with van der Waals surface area (Å²) in [4.78, 5) is 11.4. The largest absolute Gasteiger partial charge is 0.507 e. The predicted octanol–water partition coefficient (Wildman–Crippen LogP) is 1.95. The average Bonchev–Trinajstić information content (AvgIpc) is 2.29. The summed E-state index contributed by atoms with van der Waals surface area (Å²) < 4.78 is 5.10. The molecule has 0 radical (unpaired) electrons. The van der Waals surface area contributed by atoms with Crippen molar-refractivity contribution in [3.63, 3.8) is 0 Å². The van der Waals surface area contributed by atoms with Crippen LogP contribution in [0.25, 0.3) is 0 Å². The molecular weight excluding hydrogens is 246 g/mol. The van der Waals surface area contributed by atoms with Crippen LogP contribution in [0.1, 0.15) is 31.9 Å². The molecule has 1 aromatic carbocycles. The average molecular weight is 267 g/mol. The van der Waals surface area contributed by atoms with Crippen molar-refractivity contribution in [2.75, 3.05) is 6.54 Å². The topological polar surface area (TPSA) is 78.8 Å². The normalized spacial score (nSPS) is 11.2. The fourth-order valence-electron chi connectivity index (χ4n) is 1.59. The van der Waals surface area contributed by atoms with E-state index in [4.69, 9.17) is 9.84 Å². The number of nitrogens with one attached hydrogen (secondary N) is 1.